The van der Waals surface area contributed by atoms with Crippen LogP contribution in [-0.4, -0.2) is 64.3 Å². The number of fused-ring (bicyclic) bond motifs is 1. The number of ether oxygens (including phenoxy) is 2. The number of benzene rings is 2. The molecule has 3 heterocycles. The Bertz CT molecular complexity index is 1460. The van der Waals surface area contributed by atoms with Crippen molar-refractivity contribution in [2.24, 2.45) is 5.73 Å². The predicted molar refractivity (Wildman–Crippen MR) is 138 cm³/mol. The SMILES string of the molecule is COC(=O)[C@@H](N)Cc1cn(-c2nc(Cl)nc(Nc3ccc(N4CCOCC4=O)cc3)n2)c2ccccc12. The van der Waals surface area contributed by atoms with Gasteiger partial charge in [-0.05, 0) is 47.5 Å². The normalized spacial score (nSPS) is 14.6. The van der Waals surface area contributed by atoms with Crippen LogP contribution in [0.25, 0.3) is 16.9 Å². The fourth-order valence-corrected chi connectivity index (χ4v) is 4.35. The molecule has 1 aliphatic heterocycles. The number of methoxy groups -OCH3 is 1. The summed E-state index contributed by atoms with van der Waals surface area (Å²) in [4.78, 5) is 38.7. The Morgan fingerprint density at radius 3 is 2.73 bits per heavy atom. The first-order valence-electron chi connectivity index (χ1n) is 11.5. The van der Waals surface area contributed by atoms with E-state index in [4.69, 9.17) is 26.8 Å². The molecule has 190 valence electrons. The minimum atomic E-state index is -0.806. The molecule has 1 atom stereocenters. The first-order valence-corrected chi connectivity index (χ1v) is 11.9. The maximum atomic E-state index is 12.1. The zero-order valence-electron chi connectivity index (χ0n) is 19.9. The molecule has 1 fully saturated rings. The van der Waals surface area contributed by atoms with Gasteiger partial charge in [0.25, 0.3) is 5.91 Å². The second-order valence-electron chi connectivity index (χ2n) is 8.37. The number of carbonyl (C=O) groups excluding carboxylic acids is 2. The summed E-state index contributed by atoms with van der Waals surface area (Å²) in [7, 11) is 1.31. The Balaban J connectivity index is 1.43. The zero-order valence-corrected chi connectivity index (χ0v) is 20.7. The van der Waals surface area contributed by atoms with Gasteiger partial charge in [-0.15, -0.1) is 0 Å². The summed E-state index contributed by atoms with van der Waals surface area (Å²) in [6, 6.07) is 14.2. The van der Waals surface area contributed by atoms with E-state index in [2.05, 4.69) is 20.3 Å². The molecule has 2 aromatic carbocycles. The standard InChI is InChI=1S/C25H24ClN7O4/c1-36-22(35)19(27)12-15-13-33(20-5-3-2-4-18(15)20)25-30-23(26)29-24(31-25)28-16-6-8-17(9-7-16)32-10-11-37-14-21(32)34/h2-9,13,19H,10-12,14,27H2,1H3,(H,28,29,30,31)/t19-/m0/s1. The highest BCUT2D eigenvalue weighted by Gasteiger charge is 2.21. The number of nitrogens with one attached hydrogen (secondary N) is 1. The Hall–Kier alpha value is -4.06. The molecule has 4 aromatic rings. The number of amides is 1. The Kier molecular flexibility index (Phi) is 6.99. The number of carbonyl (C=O) groups is 2. The lowest BCUT2D eigenvalue weighted by molar-refractivity contribution is -0.142. The average molecular weight is 522 g/mol. The van der Waals surface area contributed by atoms with Crippen LogP contribution < -0.4 is 16.0 Å². The average Bonchev–Trinajstić information content (AvgIpc) is 3.27. The lowest BCUT2D eigenvalue weighted by atomic mass is 10.1. The number of halogens is 1. The molecule has 11 nitrogen and oxygen atoms in total. The van der Waals surface area contributed by atoms with Crippen molar-refractivity contribution in [2.45, 2.75) is 12.5 Å². The minimum Gasteiger partial charge on any atom is -0.468 e. The first-order chi connectivity index (χ1) is 17.9. The summed E-state index contributed by atoms with van der Waals surface area (Å²) in [6.45, 7) is 1.09. The molecule has 37 heavy (non-hydrogen) atoms. The highest BCUT2D eigenvalue weighted by atomic mass is 35.5. The molecular formula is C25H24ClN7O4. The molecule has 0 saturated carbocycles. The molecule has 2 aromatic heterocycles. The Morgan fingerprint density at radius 2 is 1.97 bits per heavy atom. The molecule has 1 amide bonds. The Labute approximate surface area is 217 Å². The van der Waals surface area contributed by atoms with Crippen LogP contribution >= 0.6 is 11.6 Å². The van der Waals surface area contributed by atoms with E-state index in [1.165, 1.54) is 7.11 Å². The number of esters is 1. The van der Waals surface area contributed by atoms with Crippen molar-refractivity contribution in [2.75, 3.05) is 37.1 Å². The van der Waals surface area contributed by atoms with Gasteiger partial charge in [-0.25, -0.2) is 0 Å². The third kappa shape index (κ3) is 5.24. The van der Waals surface area contributed by atoms with Gasteiger partial charge in [0.05, 0.1) is 19.2 Å². The molecule has 1 saturated heterocycles. The monoisotopic (exact) mass is 521 g/mol. The number of aromatic nitrogens is 4. The molecule has 0 unspecified atom stereocenters. The van der Waals surface area contributed by atoms with Crippen LogP contribution in [0.5, 0.6) is 0 Å². The largest absolute Gasteiger partial charge is 0.468 e. The van der Waals surface area contributed by atoms with E-state index in [0.29, 0.717) is 24.8 Å². The molecular weight excluding hydrogens is 498 g/mol. The molecule has 5 rings (SSSR count). The summed E-state index contributed by atoms with van der Waals surface area (Å²) in [5, 5.41) is 4.05. The van der Waals surface area contributed by atoms with Crippen molar-refractivity contribution in [3.63, 3.8) is 0 Å². The van der Waals surface area contributed by atoms with Gasteiger partial charge in [0, 0.05) is 35.9 Å². The fraction of sp³-hybridized carbons (Fsp3) is 0.240. The number of hydrogen-bond acceptors (Lipinski definition) is 9. The third-order valence-corrected chi connectivity index (χ3v) is 6.14. The van der Waals surface area contributed by atoms with E-state index in [1.807, 2.05) is 54.7 Å². The Morgan fingerprint density at radius 1 is 1.19 bits per heavy atom. The summed E-state index contributed by atoms with van der Waals surface area (Å²) in [6.07, 6.45) is 2.11. The van der Waals surface area contributed by atoms with Gasteiger partial charge in [0.15, 0.2) is 0 Å². The predicted octanol–water partition coefficient (Wildman–Crippen LogP) is 2.62. The topological polar surface area (TPSA) is 137 Å². The van der Waals surface area contributed by atoms with Gasteiger partial charge in [-0.3, -0.25) is 14.2 Å². The lowest BCUT2D eigenvalue weighted by Crippen LogP contribution is -2.41. The third-order valence-electron chi connectivity index (χ3n) is 5.97. The van der Waals surface area contributed by atoms with Gasteiger partial charge in [0.2, 0.25) is 17.2 Å². The van der Waals surface area contributed by atoms with Crippen LogP contribution in [0.4, 0.5) is 17.3 Å². The van der Waals surface area contributed by atoms with Crippen molar-refractivity contribution in [1.29, 1.82) is 0 Å². The molecule has 3 N–H and O–H groups in total. The van der Waals surface area contributed by atoms with Crippen LogP contribution in [-0.2, 0) is 25.5 Å². The van der Waals surface area contributed by atoms with Crippen LogP contribution in [0.2, 0.25) is 5.28 Å². The summed E-state index contributed by atoms with van der Waals surface area (Å²) < 4.78 is 11.7. The van der Waals surface area contributed by atoms with Gasteiger partial charge in [-0.1, -0.05) is 18.2 Å². The van der Waals surface area contributed by atoms with Gasteiger partial charge >= 0.3 is 5.97 Å². The molecule has 0 aliphatic carbocycles. The number of anilines is 3. The van der Waals surface area contributed by atoms with Crippen molar-refractivity contribution < 1.29 is 19.1 Å². The van der Waals surface area contributed by atoms with Crippen molar-refractivity contribution in [1.82, 2.24) is 19.5 Å². The van der Waals surface area contributed by atoms with E-state index < -0.39 is 12.0 Å². The van der Waals surface area contributed by atoms with Crippen LogP contribution in [0.15, 0.2) is 54.7 Å². The summed E-state index contributed by atoms with van der Waals surface area (Å²) in [5.41, 5.74) is 9.17. The fourth-order valence-electron chi connectivity index (χ4n) is 4.20. The number of para-hydroxylation sites is 1. The number of hydrogen-bond donors (Lipinski definition) is 2. The first kappa shape index (κ1) is 24.6. The zero-order chi connectivity index (χ0) is 25.9. The van der Waals surface area contributed by atoms with E-state index in [-0.39, 0.29) is 30.2 Å². The van der Waals surface area contributed by atoms with Gasteiger partial charge < -0.3 is 25.4 Å². The van der Waals surface area contributed by atoms with E-state index >= 15 is 0 Å². The van der Waals surface area contributed by atoms with Crippen molar-refractivity contribution in [3.05, 3.63) is 65.6 Å². The number of nitrogens with zero attached hydrogens (tertiary/aromatic N) is 5. The molecule has 0 bridgehead atoms. The highest BCUT2D eigenvalue weighted by molar-refractivity contribution is 6.28. The van der Waals surface area contributed by atoms with Crippen LogP contribution in [0.1, 0.15) is 5.56 Å². The summed E-state index contributed by atoms with van der Waals surface area (Å²) >= 11 is 6.26. The molecule has 0 radical (unpaired) electrons. The molecule has 1 aliphatic rings. The van der Waals surface area contributed by atoms with Crippen LogP contribution in [0.3, 0.4) is 0 Å². The van der Waals surface area contributed by atoms with Gasteiger partial charge in [0.1, 0.15) is 12.6 Å². The quantitative estimate of drug-likeness (QED) is 0.351. The molecule has 0 spiro atoms. The highest BCUT2D eigenvalue weighted by Crippen LogP contribution is 2.26. The van der Waals surface area contributed by atoms with E-state index in [9.17, 15) is 9.59 Å². The lowest BCUT2D eigenvalue weighted by Gasteiger charge is -2.26. The second-order valence-corrected chi connectivity index (χ2v) is 8.71. The second kappa shape index (κ2) is 10.5. The maximum Gasteiger partial charge on any atom is 0.322 e. The maximum absolute atomic E-state index is 12.1. The number of nitrogens with two attached hydrogens (primary N) is 1. The van der Waals surface area contributed by atoms with Crippen molar-refractivity contribution in [3.8, 4) is 5.95 Å². The molecule has 12 heteroatoms. The summed E-state index contributed by atoms with van der Waals surface area (Å²) in [5.74, 6) is -0.0230. The van der Waals surface area contributed by atoms with Crippen LogP contribution in [0, 0.1) is 0 Å². The number of rotatable bonds is 7. The minimum absolute atomic E-state index is 0.00799. The smallest absolute Gasteiger partial charge is 0.322 e. The number of morpholine rings is 1. The van der Waals surface area contributed by atoms with Crippen molar-refractivity contribution >= 4 is 51.7 Å². The van der Waals surface area contributed by atoms with Gasteiger partial charge in [-0.2, -0.15) is 15.0 Å². The van der Waals surface area contributed by atoms with E-state index in [0.717, 1.165) is 22.2 Å². The van der Waals surface area contributed by atoms with E-state index in [1.54, 1.807) is 9.47 Å².